The zero-order valence-electron chi connectivity index (χ0n) is 9.03. The van der Waals surface area contributed by atoms with E-state index in [9.17, 15) is 0 Å². The first-order chi connectivity index (χ1) is 7.45. The molecule has 1 aromatic heterocycles. The lowest BCUT2D eigenvalue weighted by molar-refractivity contribution is 1.50. The highest BCUT2D eigenvalue weighted by Gasteiger charge is 2.01. The van der Waals surface area contributed by atoms with Gasteiger partial charge in [-0.2, -0.15) is 0 Å². The van der Waals surface area contributed by atoms with Gasteiger partial charge in [-0.3, -0.25) is 0 Å². The predicted octanol–water partition coefficient (Wildman–Crippen LogP) is 5.08. The third-order valence-corrected chi connectivity index (χ3v) is 3.44. The SMILES string of the molecule is CC.c1ccc2c(c1)sc1ccccc12. The quantitative estimate of drug-likeness (QED) is 0.489. The molecule has 2 aromatic carbocycles. The first kappa shape index (κ1) is 10.2. The Morgan fingerprint density at radius 3 is 1.53 bits per heavy atom. The molecule has 0 N–H and O–H groups in total. The van der Waals surface area contributed by atoms with E-state index in [0.717, 1.165) is 0 Å². The second-order valence-electron chi connectivity index (χ2n) is 3.09. The Bertz CT molecular complexity index is 513. The molecule has 76 valence electrons. The molecule has 0 aliphatic carbocycles. The van der Waals surface area contributed by atoms with Crippen molar-refractivity contribution in [3.05, 3.63) is 48.5 Å². The van der Waals surface area contributed by atoms with Crippen molar-refractivity contribution >= 4 is 31.5 Å². The molecule has 1 heterocycles. The van der Waals surface area contributed by atoms with Crippen LogP contribution in [0.25, 0.3) is 20.2 Å². The minimum Gasteiger partial charge on any atom is -0.135 e. The summed E-state index contributed by atoms with van der Waals surface area (Å²) in [5.74, 6) is 0. The third-order valence-electron chi connectivity index (χ3n) is 2.28. The Kier molecular flexibility index (Phi) is 3.02. The highest BCUT2D eigenvalue weighted by atomic mass is 32.1. The van der Waals surface area contributed by atoms with E-state index < -0.39 is 0 Å². The molecule has 0 fully saturated rings. The molecule has 0 unspecified atom stereocenters. The fourth-order valence-corrected chi connectivity index (χ4v) is 2.78. The fraction of sp³-hybridized carbons (Fsp3) is 0.143. The van der Waals surface area contributed by atoms with Crippen molar-refractivity contribution < 1.29 is 0 Å². The zero-order chi connectivity index (χ0) is 10.7. The molecule has 3 aromatic rings. The molecule has 1 heteroatoms. The molecule has 0 nitrogen and oxygen atoms in total. The number of hydrogen-bond acceptors (Lipinski definition) is 1. The molecule has 0 atom stereocenters. The number of rotatable bonds is 0. The molecule has 0 saturated carbocycles. The van der Waals surface area contributed by atoms with Crippen molar-refractivity contribution in [2.45, 2.75) is 13.8 Å². The first-order valence-electron chi connectivity index (χ1n) is 5.31. The minimum absolute atomic E-state index is 1.38. The fourth-order valence-electron chi connectivity index (χ4n) is 1.67. The van der Waals surface area contributed by atoms with Crippen LogP contribution in [0.2, 0.25) is 0 Å². The summed E-state index contributed by atoms with van der Waals surface area (Å²) in [4.78, 5) is 0. The average Bonchev–Trinajstić information content (AvgIpc) is 2.70. The molecule has 0 spiro atoms. The van der Waals surface area contributed by atoms with Crippen LogP contribution >= 0.6 is 11.3 Å². The normalized spacial score (nSPS) is 10.0. The summed E-state index contributed by atoms with van der Waals surface area (Å²) in [7, 11) is 0. The summed E-state index contributed by atoms with van der Waals surface area (Å²) < 4.78 is 2.76. The van der Waals surface area contributed by atoms with Gasteiger partial charge in [-0.1, -0.05) is 50.2 Å². The molecular weight excluding hydrogens is 200 g/mol. The van der Waals surface area contributed by atoms with E-state index in [2.05, 4.69) is 48.5 Å². The molecule has 0 saturated heterocycles. The van der Waals surface area contributed by atoms with Gasteiger partial charge in [-0.15, -0.1) is 11.3 Å². The van der Waals surface area contributed by atoms with Crippen LogP contribution in [0.1, 0.15) is 13.8 Å². The second kappa shape index (κ2) is 4.45. The number of fused-ring (bicyclic) bond motifs is 3. The maximum absolute atomic E-state index is 2.19. The number of hydrogen-bond donors (Lipinski definition) is 0. The Balaban J connectivity index is 0.000000404. The van der Waals surface area contributed by atoms with E-state index in [0.29, 0.717) is 0 Å². The Labute approximate surface area is 94.2 Å². The lowest BCUT2D eigenvalue weighted by Crippen LogP contribution is -1.62. The third kappa shape index (κ3) is 1.75. The Morgan fingerprint density at radius 2 is 1.07 bits per heavy atom. The molecule has 0 radical (unpaired) electrons. The van der Waals surface area contributed by atoms with Gasteiger partial charge in [0.1, 0.15) is 0 Å². The van der Waals surface area contributed by atoms with E-state index in [4.69, 9.17) is 0 Å². The van der Waals surface area contributed by atoms with Crippen molar-refractivity contribution in [2.24, 2.45) is 0 Å². The van der Waals surface area contributed by atoms with Crippen molar-refractivity contribution in [3.8, 4) is 0 Å². The van der Waals surface area contributed by atoms with Gasteiger partial charge < -0.3 is 0 Å². The van der Waals surface area contributed by atoms with Crippen LogP contribution in [-0.2, 0) is 0 Å². The van der Waals surface area contributed by atoms with E-state index in [1.54, 1.807) is 0 Å². The lowest BCUT2D eigenvalue weighted by Gasteiger charge is -1.88. The standard InChI is InChI=1S/C12H8S.C2H6/c1-3-7-11-9(5-1)10-6-2-4-8-12(10)13-11;1-2/h1-8H;1-2H3. The molecule has 3 rings (SSSR count). The van der Waals surface area contributed by atoms with E-state index in [-0.39, 0.29) is 0 Å². The van der Waals surface area contributed by atoms with E-state index in [1.165, 1.54) is 20.2 Å². The van der Waals surface area contributed by atoms with E-state index >= 15 is 0 Å². The predicted molar refractivity (Wildman–Crippen MR) is 70.7 cm³/mol. The van der Waals surface area contributed by atoms with Crippen LogP contribution in [0.15, 0.2) is 48.5 Å². The molecule has 0 bridgehead atoms. The summed E-state index contributed by atoms with van der Waals surface area (Å²) in [6, 6.07) is 17.1. The van der Waals surface area contributed by atoms with Crippen LogP contribution in [0.5, 0.6) is 0 Å². The highest BCUT2D eigenvalue weighted by Crippen LogP contribution is 2.32. The number of thiophene rings is 1. The smallest absolute Gasteiger partial charge is 0.0355 e. The number of benzene rings is 2. The van der Waals surface area contributed by atoms with Crippen LogP contribution in [0.3, 0.4) is 0 Å². The summed E-state index contributed by atoms with van der Waals surface area (Å²) in [6.45, 7) is 4.00. The molecule has 0 amide bonds. The zero-order valence-corrected chi connectivity index (χ0v) is 9.84. The average molecular weight is 214 g/mol. The van der Waals surface area contributed by atoms with Crippen molar-refractivity contribution in [3.63, 3.8) is 0 Å². The van der Waals surface area contributed by atoms with Gasteiger partial charge >= 0.3 is 0 Å². The maximum Gasteiger partial charge on any atom is 0.0355 e. The van der Waals surface area contributed by atoms with Crippen molar-refractivity contribution in [1.82, 2.24) is 0 Å². The first-order valence-corrected chi connectivity index (χ1v) is 6.13. The largest absolute Gasteiger partial charge is 0.135 e. The minimum atomic E-state index is 1.38. The van der Waals surface area contributed by atoms with Gasteiger partial charge in [0.05, 0.1) is 0 Å². The van der Waals surface area contributed by atoms with Gasteiger partial charge in [0.15, 0.2) is 0 Å². The van der Waals surface area contributed by atoms with Gasteiger partial charge in [-0.05, 0) is 12.1 Å². The van der Waals surface area contributed by atoms with Crippen molar-refractivity contribution in [2.75, 3.05) is 0 Å². The molecular formula is C14H14S. The highest BCUT2D eigenvalue weighted by molar-refractivity contribution is 7.25. The van der Waals surface area contributed by atoms with Crippen LogP contribution < -0.4 is 0 Å². The lowest BCUT2D eigenvalue weighted by atomic mass is 10.2. The van der Waals surface area contributed by atoms with Crippen LogP contribution in [0, 0.1) is 0 Å². The van der Waals surface area contributed by atoms with Gasteiger partial charge in [-0.25, -0.2) is 0 Å². The second-order valence-corrected chi connectivity index (χ2v) is 4.18. The topological polar surface area (TPSA) is 0 Å². The van der Waals surface area contributed by atoms with Gasteiger partial charge in [0, 0.05) is 20.2 Å². The van der Waals surface area contributed by atoms with Crippen LogP contribution in [-0.4, -0.2) is 0 Å². The molecule has 0 aliphatic rings. The maximum atomic E-state index is 2.19. The summed E-state index contributed by atoms with van der Waals surface area (Å²) in [5.41, 5.74) is 0. The van der Waals surface area contributed by atoms with Gasteiger partial charge in [0.25, 0.3) is 0 Å². The Morgan fingerprint density at radius 1 is 0.667 bits per heavy atom. The van der Waals surface area contributed by atoms with Crippen LogP contribution in [0.4, 0.5) is 0 Å². The van der Waals surface area contributed by atoms with E-state index in [1.807, 2.05) is 25.2 Å². The monoisotopic (exact) mass is 214 g/mol. The molecule has 0 aliphatic heterocycles. The summed E-state index contributed by atoms with van der Waals surface area (Å²) in [6.07, 6.45) is 0. The summed E-state index contributed by atoms with van der Waals surface area (Å²) in [5, 5.41) is 2.76. The summed E-state index contributed by atoms with van der Waals surface area (Å²) >= 11 is 1.86. The van der Waals surface area contributed by atoms with Gasteiger partial charge in [0.2, 0.25) is 0 Å². The Hall–Kier alpha value is -1.34. The molecule has 15 heavy (non-hydrogen) atoms. The van der Waals surface area contributed by atoms with Crippen molar-refractivity contribution in [1.29, 1.82) is 0 Å².